The number of amides is 5. The smallest absolute Gasteiger partial charge is 0.417 e. The summed E-state index contributed by atoms with van der Waals surface area (Å²) in [7, 11) is -4.14. The molecule has 51 heavy (non-hydrogen) atoms. The van der Waals surface area contributed by atoms with E-state index >= 15 is 0 Å². The van der Waals surface area contributed by atoms with Crippen molar-refractivity contribution in [2.45, 2.75) is 30.7 Å². The zero-order chi connectivity index (χ0) is 37.0. The molecule has 0 aliphatic rings. The van der Waals surface area contributed by atoms with Gasteiger partial charge in [0.1, 0.15) is 5.75 Å². The molecule has 0 saturated heterocycles. The molecule has 0 aliphatic heterocycles. The predicted octanol–water partition coefficient (Wildman–Crippen LogP) is 5.88. The molecule has 0 heterocycles. The molecule has 5 amide bonds. The number of benzene rings is 4. The van der Waals surface area contributed by atoms with E-state index in [9.17, 15) is 42.8 Å². The molecule has 0 radical (unpaired) electrons. The molecular weight excluding hydrogens is 686 g/mol. The van der Waals surface area contributed by atoms with Crippen LogP contribution in [0.5, 0.6) is 5.75 Å². The Morgan fingerprint density at radius 1 is 0.804 bits per heavy atom. The minimum absolute atomic E-state index is 0.0828. The van der Waals surface area contributed by atoms with Gasteiger partial charge < -0.3 is 31.1 Å². The molecule has 0 aliphatic carbocycles. The van der Waals surface area contributed by atoms with Gasteiger partial charge in [-0.1, -0.05) is 25.1 Å². The Morgan fingerprint density at radius 2 is 1.43 bits per heavy atom. The van der Waals surface area contributed by atoms with Crippen molar-refractivity contribution in [3.63, 3.8) is 0 Å². The molecule has 4 rings (SSSR count). The number of sulfonamides is 1. The number of aliphatic carboxylic acids is 1. The largest absolute Gasteiger partial charge is 0.481 e. The van der Waals surface area contributed by atoms with E-state index in [2.05, 4.69) is 31.3 Å². The number of carbonyl (C=O) groups excluding carboxylic acids is 3. The average molecular weight is 720 g/mol. The molecule has 0 fully saturated rings. The number of carbonyl (C=O) groups is 4. The highest BCUT2D eigenvalue weighted by Crippen LogP contribution is 2.25. The van der Waals surface area contributed by atoms with Gasteiger partial charge in [0, 0.05) is 41.4 Å². The Hall–Kier alpha value is -6.69. The van der Waals surface area contributed by atoms with E-state index in [1.807, 2.05) is 6.92 Å². The number of rotatable bonds is 14. The molecule has 1 atom stereocenters. The van der Waals surface area contributed by atoms with Crippen LogP contribution in [0, 0.1) is 10.1 Å². The third-order valence-corrected chi connectivity index (χ3v) is 8.19. The maximum atomic E-state index is 13.2. The van der Waals surface area contributed by atoms with Crippen molar-refractivity contribution in [3.05, 3.63) is 113 Å². The van der Waals surface area contributed by atoms with Gasteiger partial charge in [-0.15, -0.1) is 0 Å². The molecule has 7 N–H and O–H groups in total. The summed E-state index contributed by atoms with van der Waals surface area (Å²) in [6.45, 7) is 2.34. The number of anilines is 4. The summed E-state index contributed by atoms with van der Waals surface area (Å²) in [6, 6.07) is 19.9. The summed E-state index contributed by atoms with van der Waals surface area (Å²) in [6.07, 6.45) is -0.667. The first-order valence-electron chi connectivity index (χ1n) is 15.2. The number of non-ortho nitro benzene ring substituents is 1. The number of nitrogens with zero attached hydrogens (tertiary/aromatic N) is 1. The molecule has 4 aromatic rings. The van der Waals surface area contributed by atoms with Gasteiger partial charge in [0.2, 0.25) is 0 Å². The molecule has 18 heteroatoms. The van der Waals surface area contributed by atoms with Crippen LogP contribution in [0.1, 0.15) is 31.4 Å². The number of carboxylic acids is 1. The molecule has 266 valence electrons. The van der Waals surface area contributed by atoms with E-state index in [0.717, 1.165) is 6.42 Å². The number of urea groups is 2. The summed E-state index contributed by atoms with van der Waals surface area (Å²) < 4.78 is 33.9. The Labute approximate surface area is 291 Å². The second-order valence-corrected chi connectivity index (χ2v) is 12.4. The molecule has 17 nitrogen and oxygen atoms in total. The van der Waals surface area contributed by atoms with Gasteiger partial charge in [-0.2, -0.15) is 0 Å². The second kappa shape index (κ2) is 17.1. The third kappa shape index (κ3) is 11.5. The summed E-state index contributed by atoms with van der Waals surface area (Å²) in [5.74, 6) is -1.14. The maximum absolute atomic E-state index is 13.2. The zero-order valence-corrected chi connectivity index (χ0v) is 27.7. The average Bonchev–Trinajstić information content (AvgIpc) is 3.08. The first-order chi connectivity index (χ1) is 24.3. The van der Waals surface area contributed by atoms with Crippen LogP contribution in [0.2, 0.25) is 0 Å². The molecule has 0 aromatic heterocycles. The van der Waals surface area contributed by atoms with E-state index in [-0.39, 0.29) is 33.4 Å². The summed E-state index contributed by atoms with van der Waals surface area (Å²) in [5, 5.41) is 33.1. The summed E-state index contributed by atoms with van der Waals surface area (Å²) in [5.41, 5.74) is 1.07. The molecule has 4 aromatic carbocycles. The van der Waals surface area contributed by atoms with Crippen LogP contribution >= 0.6 is 0 Å². The number of hydrogen-bond acceptors (Lipinski definition) is 9. The van der Waals surface area contributed by atoms with Gasteiger partial charge in [0.25, 0.3) is 15.7 Å². The number of nitro groups is 1. The number of nitrogens with one attached hydrogen (secondary N) is 6. The first kappa shape index (κ1) is 37.1. The molecule has 0 saturated carbocycles. The number of nitro benzene ring substituents is 1. The third-order valence-electron chi connectivity index (χ3n) is 6.81. The van der Waals surface area contributed by atoms with Crippen LogP contribution in [0.4, 0.5) is 42.8 Å². The highest BCUT2D eigenvalue weighted by atomic mass is 32.2. The van der Waals surface area contributed by atoms with Gasteiger partial charge in [-0.25, -0.2) is 22.8 Å². The highest BCUT2D eigenvalue weighted by molar-refractivity contribution is 7.92. The van der Waals surface area contributed by atoms with Crippen LogP contribution in [-0.2, 0) is 14.8 Å². The molecule has 0 spiro atoms. The molecule has 0 unspecified atom stereocenters. The fourth-order valence-electron chi connectivity index (χ4n) is 4.46. The van der Waals surface area contributed by atoms with Crippen molar-refractivity contribution >= 4 is 62.6 Å². The zero-order valence-electron chi connectivity index (χ0n) is 26.9. The first-order valence-corrected chi connectivity index (χ1v) is 16.7. The minimum Gasteiger partial charge on any atom is -0.481 e. The lowest BCUT2D eigenvalue weighted by Crippen LogP contribution is -2.33. The van der Waals surface area contributed by atoms with Crippen molar-refractivity contribution in [2.75, 3.05) is 27.2 Å². The fraction of sp³-hybridized carbons (Fsp3) is 0.152. The number of hydrogen-bond donors (Lipinski definition) is 7. The number of ether oxygens (including phenoxy) is 1. The van der Waals surface area contributed by atoms with E-state index < -0.39 is 51.5 Å². The Balaban J connectivity index is 1.37. The van der Waals surface area contributed by atoms with E-state index in [1.165, 1.54) is 97.1 Å². The van der Waals surface area contributed by atoms with E-state index in [4.69, 9.17) is 4.74 Å². The highest BCUT2D eigenvalue weighted by Gasteiger charge is 2.21. The normalized spacial score (nSPS) is 11.3. The van der Waals surface area contributed by atoms with E-state index in [0.29, 0.717) is 17.8 Å². The lowest BCUT2D eigenvalue weighted by molar-refractivity contribution is -0.384. The van der Waals surface area contributed by atoms with Crippen LogP contribution in [0.25, 0.3) is 0 Å². The summed E-state index contributed by atoms with van der Waals surface area (Å²) in [4.78, 5) is 58.8. The van der Waals surface area contributed by atoms with Gasteiger partial charge in [-0.3, -0.25) is 24.9 Å². The topological polar surface area (TPSA) is 247 Å². The van der Waals surface area contributed by atoms with Crippen LogP contribution in [0.15, 0.2) is 102 Å². The van der Waals surface area contributed by atoms with E-state index in [1.54, 1.807) is 0 Å². The number of carboxylic acid groups (broad SMARTS) is 1. The van der Waals surface area contributed by atoms with Crippen molar-refractivity contribution in [1.82, 2.24) is 10.6 Å². The van der Waals surface area contributed by atoms with Crippen molar-refractivity contribution in [1.29, 1.82) is 0 Å². The van der Waals surface area contributed by atoms with Crippen molar-refractivity contribution in [2.24, 2.45) is 0 Å². The van der Waals surface area contributed by atoms with Gasteiger partial charge in [0.05, 0.1) is 22.3 Å². The quantitative estimate of drug-likeness (QED) is 0.0603. The van der Waals surface area contributed by atoms with Crippen molar-refractivity contribution < 1.29 is 42.4 Å². The minimum atomic E-state index is -4.14. The van der Waals surface area contributed by atoms with Crippen molar-refractivity contribution in [3.8, 4) is 5.75 Å². The predicted molar refractivity (Wildman–Crippen MR) is 187 cm³/mol. The van der Waals surface area contributed by atoms with Gasteiger partial charge >= 0.3 is 24.1 Å². The van der Waals surface area contributed by atoms with Gasteiger partial charge in [0.15, 0.2) is 0 Å². The van der Waals surface area contributed by atoms with Gasteiger partial charge in [-0.05, 0) is 78.7 Å². The SMILES string of the molecule is CCCNC(=O)Nc1cccc(S(=O)(=O)Nc2cccc([C@H](CC(=O)O)NC(=O)Nc3ccc(NC(=O)Oc4ccc([N+](=O)[O-])cc4)cc3)c2)c1. The second-order valence-electron chi connectivity index (χ2n) is 10.7. The Morgan fingerprint density at radius 3 is 2.08 bits per heavy atom. The standard InChI is InChI=1S/C33H33N7O10S/c1-2-17-34-31(43)36-24-6-4-8-28(19-24)51(48,49)39-25-7-3-5-21(18-25)29(20-30(41)42)38-32(44)35-22-9-11-23(12-10-22)37-33(45)50-27-15-13-26(14-16-27)40(46)47/h3-16,18-19,29,39H,2,17,20H2,1H3,(H,37,45)(H,41,42)(H2,34,36,43)(H2,35,38,44)/t29-/m0/s1. The van der Waals surface area contributed by atoms with Crippen LogP contribution in [0.3, 0.4) is 0 Å². The molecular formula is C33H33N7O10S. The van der Waals surface area contributed by atoms with Crippen LogP contribution in [-0.4, -0.2) is 49.1 Å². The van der Waals surface area contributed by atoms with Crippen LogP contribution < -0.4 is 36.0 Å². The Kier molecular flexibility index (Phi) is 12.5. The lowest BCUT2D eigenvalue weighted by atomic mass is 10.0. The lowest BCUT2D eigenvalue weighted by Gasteiger charge is -2.19. The summed E-state index contributed by atoms with van der Waals surface area (Å²) >= 11 is 0. The molecule has 0 bridgehead atoms. The Bertz CT molecular complexity index is 2010. The maximum Gasteiger partial charge on any atom is 0.417 e. The fourth-order valence-corrected chi connectivity index (χ4v) is 5.56. The monoisotopic (exact) mass is 719 g/mol.